The number of carbonyl (C=O) groups excluding carboxylic acids is 1. The first-order valence-electron chi connectivity index (χ1n) is 10.6. The van der Waals surface area contributed by atoms with Crippen LogP contribution >= 0.6 is 0 Å². The normalized spacial score (nSPS) is 16.0. The van der Waals surface area contributed by atoms with Gasteiger partial charge in [-0.05, 0) is 48.2 Å². The quantitative estimate of drug-likeness (QED) is 0.594. The predicted molar refractivity (Wildman–Crippen MR) is 123 cm³/mol. The molecule has 3 aromatic rings. The van der Waals surface area contributed by atoms with Gasteiger partial charge >= 0.3 is 0 Å². The standard InChI is InChI=1S/C26H28N2O3/c1-18-12-13-24(30-2)22(14-18)28-26(29)25(20-8-4-3-5-9-20)27-16-19-15-21-10-6-7-11-23(21)31-17-19/h3-14,19,25,27H,15-17H2,1-2H3,(H,28,29)/t19-,25+/m0/s1. The number of hydrogen-bond acceptors (Lipinski definition) is 4. The molecule has 0 aliphatic carbocycles. The smallest absolute Gasteiger partial charge is 0.246 e. The monoisotopic (exact) mass is 416 g/mol. The van der Waals surface area contributed by atoms with Crippen LogP contribution in [0.25, 0.3) is 0 Å². The Hall–Kier alpha value is -3.31. The average Bonchev–Trinajstić information content (AvgIpc) is 2.80. The number of anilines is 1. The minimum absolute atomic E-state index is 0.118. The molecular formula is C26H28N2O3. The molecule has 1 amide bonds. The highest BCUT2D eigenvalue weighted by atomic mass is 16.5. The molecule has 160 valence electrons. The molecule has 2 N–H and O–H groups in total. The Balaban J connectivity index is 1.49. The molecule has 0 bridgehead atoms. The third-order valence-corrected chi connectivity index (χ3v) is 5.57. The van der Waals surface area contributed by atoms with Crippen molar-refractivity contribution in [3.8, 4) is 11.5 Å². The van der Waals surface area contributed by atoms with Gasteiger partial charge in [-0.1, -0.05) is 54.6 Å². The lowest BCUT2D eigenvalue weighted by atomic mass is 9.96. The van der Waals surface area contributed by atoms with Gasteiger partial charge in [0, 0.05) is 12.5 Å². The highest BCUT2D eigenvalue weighted by molar-refractivity contribution is 5.96. The fourth-order valence-corrected chi connectivity index (χ4v) is 3.94. The van der Waals surface area contributed by atoms with E-state index < -0.39 is 6.04 Å². The van der Waals surface area contributed by atoms with Crippen LogP contribution in [0, 0.1) is 12.8 Å². The van der Waals surface area contributed by atoms with Crippen molar-refractivity contribution in [2.75, 3.05) is 25.6 Å². The van der Waals surface area contributed by atoms with Gasteiger partial charge < -0.3 is 20.1 Å². The van der Waals surface area contributed by atoms with E-state index in [1.807, 2.05) is 73.7 Å². The van der Waals surface area contributed by atoms with Crippen LogP contribution in [0.5, 0.6) is 11.5 Å². The second kappa shape index (κ2) is 9.67. The minimum Gasteiger partial charge on any atom is -0.495 e. The Kier molecular flexibility index (Phi) is 6.53. The minimum atomic E-state index is -0.483. The first-order valence-corrected chi connectivity index (χ1v) is 10.6. The van der Waals surface area contributed by atoms with Gasteiger partial charge in [0.05, 0.1) is 19.4 Å². The Morgan fingerprint density at radius 2 is 1.87 bits per heavy atom. The second-order valence-electron chi connectivity index (χ2n) is 7.93. The first-order chi connectivity index (χ1) is 15.1. The van der Waals surface area contributed by atoms with Crippen molar-refractivity contribution in [3.05, 3.63) is 89.5 Å². The molecule has 1 aliphatic heterocycles. The van der Waals surface area contributed by atoms with Crippen molar-refractivity contribution in [2.45, 2.75) is 19.4 Å². The van der Waals surface area contributed by atoms with E-state index in [0.29, 0.717) is 30.5 Å². The molecule has 5 heteroatoms. The molecule has 31 heavy (non-hydrogen) atoms. The molecule has 0 saturated carbocycles. The number of aryl methyl sites for hydroxylation is 1. The van der Waals surface area contributed by atoms with Crippen LogP contribution in [0.1, 0.15) is 22.7 Å². The zero-order chi connectivity index (χ0) is 21.6. The van der Waals surface area contributed by atoms with Gasteiger partial charge in [-0.3, -0.25) is 4.79 Å². The number of amides is 1. The fraction of sp³-hybridized carbons (Fsp3) is 0.269. The van der Waals surface area contributed by atoms with Gasteiger partial charge in [0.15, 0.2) is 0 Å². The number of rotatable bonds is 7. The lowest BCUT2D eigenvalue weighted by Crippen LogP contribution is -2.38. The number of hydrogen-bond donors (Lipinski definition) is 2. The molecule has 1 aliphatic rings. The largest absolute Gasteiger partial charge is 0.495 e. The maximum absolute atomic E-state index is 13.3. The molecule has 0 fully saturated rings. The maximum atomic E-state index is 13.3. The summed E-state index contributed by atoms with van der Waals surface area (Å²) in [6.07, 6.45) is 0.929. The molecule has 2 atom stereocenters. The SMILES string of the molecule is COc1ccc(C)cc1NC(=O)[C@H](NC[C@H]1COc2ccccc2C1)c1ccccc1. The molecule has 5 nitrogen and oxygen atoms in total. The molecular weight excluding hydrogens is 388 g/mol. The van der Waals surface area contributed by atoms with Gasteiger partial charge in [-0.25, -0.2) is 0 Å². The summed E-state index contributed by atoms with van der Waals surface area (Å²) in [4.78, 5) is 13.3. The van der Waals surface area contributed by atoms with E-state index in [9.17, 15) is 4.79 Å². The van der Waals surface area contributed by atoms with Crippen molar-refractivity contribution >= 4 is 11.6 Å². The van der Waals surface area contributed by atoms with Crippen molar-refractivity contribution < 1.29 is 14.3 Å². The van der Waals surface area contributed by atoms with E-state index in [2.05, 4.69) is 16.7 Å². The zero-order valence-corrected chi connectivity index (χ0v) is 17.9. The van der Waals surface area contributed by atoms with E-state index in [0.717, 1.165) is 23.3 Å². The summed E-state index contributed by atoms with van der Waals surface area (Å²) < 4.78 is 11.3. The van der Waals surface area contributed by atoms with E-state index >= 15 is 0 Å². The highest BCUT2D eigenvalue weighted by Gasteiger charge is 2.25. The van der Waals surface area contributed by atoms with Crippen LogP contribution in [0.4, 0.5) is 5.69 Å². The van der Waals surface area contributed by atoms with Crippen molar-refractivity contribution in [3.63, 3.8) is 0 Å². The lowest BCUT2D eigenvalue weighted by Gasteiger charge is -2.27. The van der Waals surface area contributed by atoms with Gasteiger partial charge in [0.1, 0.15) is 17.5 Å². The summed E-state index contributed by atoms with van der Waals surface area (Å²) in [5.41, 5.74) is 3.86. The molecule has 1 heterocycles. The molecule has 0 spiro atoms. The van der Waals surface area contributed by atoms with Crippen LogP contribution in [-0.4, -0.2) is 26.2 Å². The third-order valence-electron chi connectivity index (χ3n) is 5.57. The van der Waals surface area contributed by atoms with Crippen molar-refractivity contribution in [2.24, 2.45) is 5.92 Å². The number of para-hydroxylation sites is 1. The second-order valence-corrected chi connectivity index (χ2v) is 7.93. The van der Waals surface area contributed by atoms with Gasteiger partial charge in [0.25, 0.3) is 0 Å². The number of benzene rings is 3. The van der Waals surface area contributed by atoms with Gasteiger partial charge in [0.2, 0.25) is 5.91 Å². The Bertz CT molecular complexity index is 1040. The van der Waals surface area contributed by atoms with Crippen LogP contribution in [0.3, 0.4) is 0 Å². The summed E-state index contributed by atoms with van der Waals surface area (Å²) in [6, 6.07) is 23.2. The van der Waals surface area contributed by atoms with Gasteiger partial charge in [-0.15, -0.1) is 0 Å². The number of fused-ring (bicyclic) bond motifs is 1. The average molecular weight is 417 g/mol. The number of nitrogens with one attached hydrogen (secondary N) is 2. The molecule has 0 radical (unpaired) electrons. The highest BCUT2D eigenvalue weighted by Crippen LogP contribution is 2.28. The first kappa shape index (κ1) is 20.9. The van der Waals surface area contributed by atoms with Crippen LogP contribution in [0.2, 0.25) is 0 Å². The summed E-state index contributed by atoms with van der Waals surface area (Å²) >= 11 is 0. The lowest BCUT2D eigenvalue weighted by molar-refractivity contribution is -0.118. The van der Waals surface area contributed by atoms with Crippen molar-refractivity contribution in [1.82, 2.24) is 5.32 Å². The van der Waals surface area contributed by atoms with Crippen LogP contribution < -0.4 is 20.1 Å². The number of ether oxygens (including phenoxy) is 2. The Labute approximate surface area is 183 Å². The predicted octanol–water partition coefficient (Wildman–Crippen LogP) is 4.52. The van der Waals surface area contributed by atoms with Crippen molar-refractivity contribution in [1.29, 1.82) is 0 Å². The van der Waals surface area contributed by atoms with Crippen LogP contribution in [-0.2, 0) is 11.2 Å². The molecule has 0 aromatic heterocycles. The van der Waals surface area contributed by atoms with E-state index in [4.69, 9.17) is 9.47 Å². The molecule has 3 aromatic carbocycles. The summed E-state index contributed by atoms with van der Waals surface area (Å²) in [7, 11) is 1.61. The third kappa shape index (κ3) is 5.06. The van der Waals surface area contributed by atoms with Crippen LogP contribution in [0.15, 0.2) is 72.8 Å². The van der Waals surface area contributed by atoms with E-state index in [-0.39, 0.29) is 5.91 Å². The maximum Gasteiger partial charge on any atom is 0.246 e. The summed E-state index contributed by atoms with van der Waals surface area (Å²) in [6.45, 7) is 3.30. The summed E-state index contributed by atoms with van der Waals surface area (Å²) in [5.74, 6) is 1.78. The van der Waals surface area contributed by atoms with E-state index in [1.54, 1.807) is 7.11 Å². The summed E-state index contributed by atoms with van der Waals surface area (Å²) in [5, 5.41) is 6.52. The fourth-order valence-electron chi connectivity index (χ4n) is 3.94. The molecule has 0 unspecified atom stereocenters. The number of carbonyl (C=O) groups is 1. The van der Waals surface area contributed by atoms with Gasteiger partial charge in [-0.2, -0.15) is 0 Å². The topological polar surface area (TPSA) is 59.6 Å². The zero-order valence-electron chi connectivity index (χ0n) is 17.9. The molecule has 4 rings (SSSR count). The Morgan fingerprint density at radius 1 is 1.10 bits per heavy atom. The Morgan fingerprint density at radius 3 is 2.68 bits per heavy atom. The molecule has 0 saturated heterocycles. The number of methoxy groups -OCH3 is 1. The van der Waals surface area contributed by atoms with E-state index in [1.165, 1.54) is 5.56 Å².